The Morgan fingerprint density at radius 3 is 0.928 bits per heavy atom. The predicted molar refractivity (Wildman–Crippen MR) is 294 cm³/mol. The van der Waals surface area contributed by atoms with E-state index in [1.165, 1.54) is 250 Å². The molecule has 0 fully saturated rings. The average Bonchev–Trinajstić information content (AvgIpc) is 3.31. The van der Waals surface area contributed by atoms with Crippen LogP contribution in [-0.4, -0.2) is 74.9 Å². The third-order valence-electron chi connectivity index (χ3n) is 13.9. The predicted octanol–water partition coefficient (Wildman–Crippen LogP) is 18.7. The van der Waals surface area contributed by atoms with E-state index in [4.69, 9.17) is 18.5 Å². The molecule has 412 valence electrons. The molecule has 2 unspecified atom stereocenters. The molecule has 0 heterocycles. The summed E-state index contributed by atoms with van der Waals surface area (Å²) < 4.78 is 34.5. The summed E-state index contributed by atoms with van der Waals surface area (Å²) >= 11 is 0. The first-order valence-corrected chi connectivity index (χ1v) is 31.8. The highest BCUT2D eigenvalue weighted by Crippen LogP contribution is 2.43. The first-order chi connectivity index (χ1) is 33.5. The van der Waals surface area contributed by atoms with E-state index in [1.54, 1.807) is 0 Å². The lowest BCUT2D eigenvalue weighted by Gasteiger charge is -2.24. The van der Waals surface area contributed by atoms with Gasteiger partial charge >= 0.3 is 19.8 Å². The molecule has 0 bridgehead atoms. The molecule has 0 amide bonds. The number of carbonyl (C=O) groups is 2. The fourth-order valence-electron chi connectivity index (χ4n) is 9.20. The fraction of sp³-hybridized carbons (Fsp3) is 0.966. The van der Waals surface area contributed by atoms with Crippen molar-refractivity contribution in [1.82, 2.24) is 0 Å². The summed E-state index contributed by atoms with van der Waals surface area (Å²) in [6.45, 7) is 4.49. The fourth-order valence-corrected chi connectivity index (χ4v) is 9.94. The maximum absolute atomic E-state index is 12.8. The van der Waals surface area contributed by atoms with E-state index < -0.39 is 26.5 Å². The van der Waals surface area contributed by atoms with Crippen LogP contribution in [0.15, 0.2) is 0 Å². The van der Waals surface area contributed by atoms with Gasteiger partial charge in [0.25, 0.3) is 0 Å². The highest BCUT2D eigenvalue weighted by atomic mass is 31.2. The zero-order chi connectivity index (χ0) is 50.6. The molecule has 0 aliphatic carbocycles. The van der Waals surface area contributed by atoms with Crippen molar-refractivity contribution >= 4 is 19.8 Å². The van der Waals surface area contributed by atoms with Gasteiger partial charge in [-0.3, -0.25) is 18.6 Å². The highest BCUT2D eigenvalue weighted by Gasteiger charge is 2.27. The van der Waals surface area contributed by atoms with E-state index in [0.29, 0.717) is 17.4 Å². The van der Waals surface area contributed by atoms with Crippen LogP contribution in [0.5, 0.6) is 0 Å². The number of esters is 2. The quantitative estimate of drug-likeness (QED) is 0.0278. The van der Waals surface area contributed by atoms with Gasteiger partial charge in [0.2, 0.25) is 0 Å². The number of rotatable bonds is 57. The van der Waals surface area contributed by atoms with Crippen LogP contribution >= 0.6 is 7.82 Å². The normalized spacial score (nSPS) is 13.2. The molecule has 69 heavy (non-hydrogen) atoms. The van der Waals surface area contributed by atoms with E-state index in [-0.39, 0.29) is 25.6 Å². The summed E-state index contributed by atoms with van der Waals surface area (Å²) in [6, 6.07) is 0. The smallest absolute Gasteiger partial charge is 0.462 e. The summed E-state index contributed by atoms with van der Waals surface area (Å²) in [7, 11) is 1.50. The number of quaternary nitrogens is 1. The van der Waals surface area contributed by atoms with E-state index >= 15 is 0 Å². The van der Waals surface area contributed by atoms with Gasteiger partial charge in [-0.1, -0.05) is 290 Å². The van der Waals surface area contributed by atoms with Crippen molar-refractivity contribution in [2.45, 2.75) is 322 Å². The minimum Gasteiger partial charge on any atom is -0.462 e. The highest BCUT2D eigenvalue weighted by molar-refractivity contribution is 7.47. The molecule has 0 spiro atoms. The van der Waals surface area contributed by atoms with Crippen LogP contribution in [-0.2, 0) is 32.7 Å². The van der Waals surface area contributed by atoms with Gasteiger partial charge in [-0.05, 0) is 12.8 Å². The van der Waals surface area contributed by atoms with Gasteiger partial charge < -0.3 is 18.9 Å². The van der Waals surface area contributed by atoms with Crippen LogP contribution in [0.4, 0.5) is 0 Å². The molecule has 1 N–H and O–H groups in total. The molecule has 0 aromatic heterocycles. The van der Waals surface area contributed by atoms with Crippen molar-refractivity contribution in [2.24, 2.45) is 0 Å². The lowest BCUT2D eigenvalue weighted by atomic mass is 10.0. The lowest BCUT2D eigenvalue weighted by Crippen LogP contribution is -2.37. The summed E-state index contributed by atoms with van der Waals surface area (Å²) in [4.78, 5) is 35.6. The molecule has 0 aliphatic rings. The minimum absolute atomic E-state index is 0.0373. The largest absolute Gasteiger partial charge is 0.472 e. The molecular formula is C59H119NO8P+. The van der Waals surface area contributed by atoms with Crippen LogP contribution in [0.25, 0.3) is 0 Å². The van der Waals surface area contributed by atoms with Crippen molar-refractivity contribution in [3.05, 3.63) is 0 Å². The Labute approximate surface area is 429 Å². The number of phosphoric acid groups is 1. The molecule has 0 aromatic rings. The van der Waals surface area contributed by atoms with Crippen LogP contribution in [0, 0.1) is 0 Å². The molecule has 0 aromatic carbocycles. The first-order valence-electron chi connectivity index (χ1n) is 30.3. The van der Waals surface area contributed by atoms with Crippen molar-refractivity contribution in [3.63, 3.8) is 0 Å². The van der Waals surface area contributed by atoms with Gasteiger partial charge in [0.15, 0.2) is 6.10 Å². The Kier molecular flexibility index (Phi) is 51.1. The number of unbranched alkanes of at least 4 members (excludes halogenated alkanes) is 43. The van der Waals surface area contributed by atoms with Gasteiger partial charge in [0, 0.05) is 12.8 Å². The average molecular weight is 1000 g/mol. The van der Waals surface area contributed by atoms with Crippen molar-refractivity contribution in [3.8, 4) is 0 Å². The van der Waals surface area contributed by atoms with Crippen molar-refractivity contribution in [2.75, 3.05) is 47.5 Å². The second-order valence-electron chi connectivity index (χ2n) is 22.1. The minimum atomic E-state index is -4.37. The summed E-state index contributed by atoms with van der Waals surface area (Å²) in [6.07, 6.45) is 59.1. The number of likely N-dealkylation sites (N-methyl/N-ethyl adjacent to an activating group) is 1. The maximum Gasteiger partial charge on any atom is 0.472 e. The lowest BCUT2D eigenvalue weighted by molar-refractivity contribution is -0.870. The third-order valence-corrected chi connectivity index (χ3v) is 14.9. The number of hydrogen-bond donors (Lipinski definition) is 1. The molecule has 2 atom stereocenters. The zero-order valence-electron chi connectivity index (χ0n) is 46.8. The van der Waals surface area contributed by atoms with Crippen LogP contribution in [0.1, 0.15) is 316 Å². The van der Waals surface area contributed by atoms with E-state index in [1.807, 2.05) is 21.1 Å². The van der Waals surface area contributed by atoms with Gasteiger partial charge in [0.1, 0.15) is 19.8 Å². The second kappa shape index (κ2) is 51.9. The number of nitrogens with zero attached hydrogens (tertiary/aromatic N) is 1. The second-order valence-corrected chi connectivity index (χ2v) is 23.6. The van der Waals surface area contributed by atoms with Gasteiger partial charge in [-0.2, -0.15) is 0 Å². The molecule has 0 aliphatic heterocycles. The number of ether oxygens (including phenoxy) is 2. The Balaban J connectivity index is 3.94. The molecule has 0 rings (SSSR count). The van der Waals surface area contributed by atoms with Gasteiger partial charge in [-0.25, -0.2) is 4.57 Å². The van der Waals surface area contributed by atoms with Crippen LogP contribution < -0.4 is 0 Å². The van der Waals surface area contributed by atoms with Crippen molar-refractivity contribution in [1.29, 1.82) is 0 Å². The van der Waals surface area contributed by atoms with E-state index in [9.17, 15) is 19.0 Å². The third kappa shape index (κ3) is 56.2. The number of hydrogen-bond acceptors (Lipinski definition) is 7. The Morgan fingerprint density at radius 1 is 0.391 bits per heavy atom. The molecule has 10 heteroatoms. The Hall–Kier alpha value is -0.990. The van der Waals surface area contributed by atoms with Crippen LogP contribution in [0.2, 0.25) is 0 Å². The SMILES string of the molecule is CCCCCCCCCCCCCCCCCCCCCCCCCCCCCCCCCCC(=O)OC(COC(=O)CCCCCCCCCCCCCCC)COP(=O)(O)OCC[N+](C)(C)C. The number of carbonyl (C=O) groups excluding carboxylic acids is 2. The zero-order valence-corrected chi connectivity index (χ0v) is 47.7. The Morgan fingerprint density at radius 2 is 0.652 bits per heavy atom. The summed E-state index contributed by atoms with van der Waals surface area (Å²) in [5.41, 5.74) is 0. The standard InChI is InChI=1S/C59H118NO8P/c1-6-8-10-12-14-16-18-20-21-22-23-24-25-26-27-28-29-30-31-32-33-34-35-36-37-38-40-42-44-46-48-50-52-59(62)68-57(56-67-69(63,64)66-54-53-60(3,4)5)55-65-58(61)51-49-47-45-43-41-39-19-17-15-13-11-9-7-2/h57H,6-56H2,1-5H3/p+1. The summed E-state index contributed by atoms with van der Waals surface area (Å²) in [5.74, 6) is -0.776. The van der Waals surface area contributed by atoms with E-state index in [0.717, 1.165) is 38.5 Å². The molecule has 9 nitrogen and oxygen atoms in total. The first kappa shape index (κ1) is 68.0. The monoisotopic (exact) mass is 1000 g/mol. The topological polar surface area (TPSA) is 108 Å². The number of phosphoric ester groups is 1. The van der Waals surface area contributed by atoms with Gasteiger partial charge in [0.05, 0.1) is 27.7 Å². The van der Waals surface area contributed by atoms with Crippen molar-refractivity contribution < 1.29 is 42.1 Å². The summed E-state index contributed by atoms with van der Waals surface area (Å²) in [5, 5.41) is 0. The molecule has 0 saturated heterocycles. The van der Waals surface area contributed by atoms with Gasteiger partial charge in [-0.15, -0.1) is 0 Å². The maximum atomic E-state index is 12.8. The molecule has 0 radical (unpaired) electrons. The molecule has 0 saturated carbocycles. The van der Waals surface area contributed by atoms with Crippen LogP contribution in [0.3, 0.4) is 0 Å². The van der Waals surface area contributed by atoms with E-state index in [2.05, 4.69) is 13.8 Å². The molecular weight excluding hydrogens is 882 g/mol. The Bertz CT molecular complexity index is 1130.